The summed E-state index contributed by atoms with van der Waals surface area (Å²) < 4.78 is 0. The molecule has 2 aromatic rings. The number of aliphatic imine (C=N–C) groups is 1. The lowest BCUT2D eigenvalue weighted by Gasteiger charge is -2.20. The third-order valence-electron chi connectivity index (χ3n) is 4.93. The molecule has 1 fully saturated rings. The first-order valence-electron chi connectivity index (χ1n) is 11.1. The Bertz CT molecular complexity index is 915. The minimum Gasteiger partial charge on any atom is -0.368 e. The van der Waals surface area contributed by atoms with Crippen LogP contribution in [-0.4, -0.2) is 29.8 Å². The van der Waals surface area contributed by atoms with Crippen molar-refractivity contribution in [3.8, 4) is 11.3 Å². The molecule has 0 saturated heterocycles. The van der Waals surface area contributed by atoms with Gasteiger partial charge in [0.2, 0.25) is 0 Å². The van der Waals surface area contributed by atoms with Gasteiger partial charge >= 0.3 is 0 Å². The van der Waals surface area contributed by atoms with E-state index < -0.39 is 0 Å². The molecule has 0 radical (unpaired) electrons. The van der Waals surface area contributed by atoms with Crippen LogP contribution in [-0.2, 0) is 0 Å². The summed E-state index contributed by atoms with van der Waals surface area (Å²) >= 11 is 1.74. The molecule has 1 saturated carbocycles. The van der Waals surface area contributed by atoms with Crippen LogP contribution < -0.4 is 10.2 Å². The van der Waals surface area contributed by atoms with Crippen LogP contribution in [0.25, 0.3) is 11.3 Å². The van der Waals surface area contributed by atoms with Crippen molar-refractivity contribution in [2.75, 3.05) is 18.0 Å². The van der Waals surface area contributed by atoms with Crippen LogP contribution in [0.15, 0.2) is 53.8 Å². The summed E-state index contributed by atoms with van der Waals surface area (Å²) in [7, 11) is 0. The van der Waals surface area contributed by atoms with Crippen molar-refractivity contribution in [2.24, 2.45) is 4.99 Å². The van der Waals surface area contributed by atoms with E-state index in [0.29, 0.717) is 6.04 Å². The average Bonchev–Trinajstić information content (AvgIpc) is 3.41. The van der Waals surface area contributed by atoms with Gasteiger partial charge in [-0.1, -0.05) is 61.6 Å². The molecule has 1 aliphatic rings. The quantitative estimate of drug-likeness (QED) is 0.430. The van der Waals surface area contributed by atoms with Gasteiger partial charge in [-0.2, -0.15) is 0 Å². The van der Waals surface area contributed by atoms with Gasteiger partial charge in [-0.15, -0.1) is 0 Å². The third kappa shape index (κ3) is 5.82. The van der Waals surface area contributed by atoms with E-state index in [4.69, 9.17) is 9.98 Å². The van der Waals surface area contributed by atoms with Gasteiger partial charge in [0, 0.05) is 24.7 Å². The van der Waals surface area contributed by atoms with E-state index in [1.807, 2.05) is 13.0 Å². The van der Waals surface area contributed by atoms with Gasteiger partial charge in [0.05, 0.1) is 16.3 Å². The van der Waals surface area contributed by atoms with Crippen molar-refractivity contribution in [1.82, 2.24) is 10.3 Å². The molecule has 160 valence electrons. The average molecular weight is 423 g/mol. The van der Waals surface area contributed by atoms with Crippen LogP contribution in [0.2, 0.25) is 0 Å². The monoisotopic (exact) mass is 422 g/mol. The Morgan fingerprint density at radius 1 is 1.30 bits per heavy atom. The number of aromatic nitrogens is 1. The maximum Gasteiger partial charge on any atom is 0.186 e. The van der Waals surface area contributed by atoms with Crippen molar-refractivity contribution >= 4 is 22.2 Å². The Labute approximate surface area is 185 Å². The normalized spacial score (nSPS) is 14.3. The molecule has 0 amide bonds. The van der Waals surface area contributed by atoms with Gasteiger partial charge in [-0.3, -0.25) is 0 Å². The van der Waals surface area contributed by atoms with E-state index in [1.165, 1.54) is 18.4 Å². The number of hydrogen-bond acceptors (Lipinski definition) is 5. The van der Waals surface area contributed by atoms with Gasteiger partial charge in [0.1, 0.15) is 5.82 Å². The molecule has 3 rings (SSSR count). The summed E-state index contributed by atoms with van der Waals surface area (Å²) in [6, 6.07) is 9.11. The lowest BCUT2D eigenvalue weighted by molar-refractivity contribution is 0.742. The second-order valence-corrected chi connectivity index (χ2v) is 8.87. The highest BCUT2D eigenvalue weighted by Gasteiger charge is 2.23. The molecule has 0 unspecified atom stereocenters. The van der Waals surface area contributed by atoms with Crippen LogP contribution in [0.1, 0.15) is 56.9 Å². The second-order valence-electron chi connectivity index (χ2n) is 7.89. The number of hydrogen-bond donors (Lipinski definition) is 1. The molecule has 5 heteroatoms. The lowest BCUT2D eigenvalue weighted by Crippen LogP contribution is -2.24. The zero-order valence-corrected chi connectivity index (χ0v) is 19.6. The zero-order valence-electron chi connectivity index (χ0n) is 18.7. The van der Waals surface area contributed by atoms with E-state index in [2.05, 4.69) is 67.9 Å². The third-order valence-corrected chi connectivity index (χ3v) is 6.06. The summed E-state index contributed by atoms with van der Waals surface area (Å²) in [5.74, 6) is 0.731. The number of allylic oxidation sites excluding steroid dienone is 2. The molecule has 0 aliphatic heterocycles. The van der Waals surface area contributed by atoms with Gasteiger partial charge in [-0.25, -0.2) is 9.98 Å². The smallest absolute Gasteiger partial charge is 0.186 e. The highest BCUT2D eigenvalue weighted by atomic mass is 32.1. The first-order chi connectivity index (χ1) is 14.5. The first kappa shape index (κ1) is 22.3. The van der Waals surface area contributed by atoms with Crippen molar-refractivity contribution in [3.05, 3.63) is 59.3 Å². The van der Waals surface area contributed by atoms with Crippen molar-refractivity contribution in [3.63, 3.8) is 0 Å². The van der Waals surface area contributed by atoms with Crippen molar-refractivity contribution in [1.29, 1.82) is 0 Å². The Morgan fingerprint density at radius 3 is 2.63 bits per heavy atom. The molecule has 0 spiro atoms. The molecule has 1 N–H and O–H groups in total. The summed E-state index contributed by atoms with van der Waals surface area (Å²) in [5, 5.41) is 4.48. The maximum absolute atomic E-state index is 5.12. The molecular formula is C25H34N4S. The molecule has 0 atom stereocenters. The Hall–Kier alpha value is -2.40. The standard InChI is InChI=1S/C25H34N4S/c1-6-10-22(27-19(5)26-21-13-14-21)24-23(20-12-9-11-18(4)17-20)28-25(30-24)29(15-7-2)16-8-3/h6,9-12,17,21,26H,5,7-8,13-16H2,1-4H3/b10-6-,27-22+. The Kier molecular flexibility index (Phi) is 7.86. The predicted molar refractivity (Wildman–Crippen MR) is 132 cm³/mol. The topological polar surface area (TPSA) is 40.5 Å². The number of rotatable bonds is 11. The summed E-state index contributed by atoms with van der Waals surface area (Å²) in [6.07, 6.45) is 8.73. The van der Waals surface area contributed by atoms with Gasteiger partial charge in [0.25, 0.3) is 0 Å². The largest absolute Gasteiger partial charge is 0.368 e. The van der Waals surface area contributed by atoms with Crippen molar-refractivity contribution in [2.45, 2.75) is 59.4 Å². The van der Waals surface area contributed by atoms with E-state index in [-0.39, 0.29) is 0 Å². The van der Waals surface area contributed by atoms with E-state index in [1.54, 1.807) is 11.3 Å². The minimum atomic E-state index is 0.533. The van der Waals surface area contributed by atoms with Crippen LogP contribution >= 0.6 is 11.3 Å². The van der Waals surface area contributed by atoms with Crippen LogP contribution in [0.3, 0.4) is 0 Å². The highest BCUT2D eigenvalue weighted by Crippen LogP contribution is 2.35. The van der Waals surface area contributed by atoms with Crippen LogP contribution in [0, 0.1) is 6.92 Å². The van der Waals surface area contributed by atoms with E-state index in [0.717, 1.165) is 58.7 Å². The fourth-order valence-electron chi connectivity index (χ4n) is 3.41. The molecule has 1 heterocycles. The SMILES string of the molecule is C=C(/N=C(\C=C/C)c1sc(N(CCC)CCC)nc1-c1cccc(C)c1)NC1CC1. The van der Waals surface area contributed by atoms with E-state index in [9.17, 15) is 0 Å². The van der Waals surface area contributed by atoms with Crippen molar-refractivity contribution < 1.29 is 0 Å². The molecular weight excluding hydrogens is 388 g/mol. The summed E-state index contributed by atoms with van der Waals surface area (Å²) in [5.41, 5.74) is 4.30. The Balaban J connectivity index is 2.08. The number of aryl methyl sites for hydroxylation is 1. The molecule has 1 aromatic heterocycles. The number of benzene rings is 1. The van der Waals surface area contributed by atoms with Gasteiger partial charge in [-0.05, 0) is 51.7 Å². The van der Waals surface area contributed by atoms with Crippen LogP contribution in [0.5, 0.6) is 0 Å². The second kappa shape index (κ2) is 10.6. The first-order valence-corrected chi connectivity index (χ1v) is 11.9. The maximum atomic E-state index is 5.12. The Morgan fingerprint density at radius 2 is 2.03 bits per heavy atom. The zero-order chi connectivity index (χ0) is 21.5. The number of thiazole rings is 1. The number of anilines is 1. The summed E-state index contributed by atoms with van der Waals surface area (Å²) in [6.45, 7) is 14.8. The predicted octanol–water partition coefficient (Wildman–Crippen LogP) is 6.33. The number of nitrogens with one attached hydrogen (secondary N) is 1. The molecule has 1 aliphatic carbocycles. The molecule has 1 aromatic carbocycles. The van der Waals surface area contributed by atoms with E-state index >= 15 is 0 Å². The molecule has 0 bridgehead atoms. The molecule has 30 heavy (non-hydrogen) atoms. The minimum absolute atomic E-state index is 0.533. The lowest BCUT2D eigenvalue weighted by atomic mass is 10.1. The highest BCUT2D eigenvalue weighted by molar-refractivity contribution is 7.18. The fourth-order valence-corrected chi connectivity index (χ4v) is 4.52. The number of nitrogens with zero attached hydrogens (tertiary/aromatic N) is 3. The van der Waals surface area contributed by atoms with Gasteiger partial charge < -0.3 is 10.2 Å². The fraction of sp³-hybridized carbons (Fsp3) is 0.440. The van der Waals surface area contributed by atoms with Gasteiger partial charge in [0.15, 0.2) is 5.13 Å². The van der Waals surface area contributed by atoms with Crippen LogP contribution in [0.4, 0.5) is 5.13 Å². The summed E-state index contributed by atoms with van der Waals surface area (Å²) in [4.78, 5) is 13.5. The molecule has 4 nitrogen and oxygen atoms in total.